The maximum atomic E-state index is 6.08. The average molecular weight is 323 g/mol. The third kappa shape index (κ3) is 4.13. The molecule has 21 heavy (non-hydrogen) atoms. The highest BCUT2D eigenvalue weighted by molar-refractivity contribution is 6.42. The molecule has 0 aliphatic heterocycles. The third-order valence-electron chi connectivity index (χ3n) is 3.58. The van der Waals surface area contributed by atoms with E-state index in [1.54, 1.807) is 0 Å². The van der Waals surface area contributed by atoms with Crippen LogP contribution in [0.4, 0.5) is 5.69 Å². The zero-order chi connectivity index (χ0) is 15.4. The number of halogens is 2. The number of rotatable bonds is 5. The Labute approximate surface area is 136 Å². The van der Waals surface area contributed by atoms with Crippen molar-refractivity contribution in [1.82, 2.24) is 5.32 Å². The molecule has 0 bridgehead atoms. The Morgan fingerprint density at radius 3 is 2.19 bits per heavy atom. The minimum Gasteiger partial charge on any atom is -0.378 e. The molecule has 0 aliphatic rings. The van der Waals surface area contributed by atoms with E-state index in [9.17, 15) is 0 Å². The Morgan fingerprint density at radius 1 is 1.00 bits per heavy atom. The number of hydrogen-bond donors (Lipinski definition) is 1. The van der Waals surface area contributed by atoms with Crippen LogP contribution in [0.15, 0.2) is 42.5 Å². The molecular weight excluding hydrogens is 303 g/mol. The second-order valence-electron chi connectivity index (χ2n) is 5.28. The van der Waals surface area contributed by atoms with Crippen molar-refractivity contribution in [3.63, 3.8) is 0 Å². The molecule has 2 rings (SSSR count). The molecule has 2 aromatic rings. The van der Waals surface area contributed by atoms with Crippen LogP contribution in [0.25, 0.3) is 0 Å². The van der Waals surface area contributed by atoms with Gasteiger partial charge < -0.3 is 10.2 Å². The lowest BCUT2D eigenvalue weighted by atomic mass is 9.99. The molecule has 112 valence electrons. The monoisotopic (exact) mass is 322 g/mol. The molecule has 1 atom stereocenters. The minimum atomic E-state index is 0.249. The molecule has 0 aromatic heterocycles. The molecule has 0 fully saturated rings. The number of benzene rings is 2. The molecule has 1 N–H and O–H groups in total. The first-order valence-electron chi connectivity index (χ1n) is 6.89. The summed E-state index contributed by atoms with van der Waals surface area (Å²) in [4.78, 5) is 2.09. The maximum Gasteiger partial charge on any atom is 0.0595 e. The van der Waals surface area contributed by atoms with Crippen molar-refractivity contribution in [2.24, 2.45) is 0 Å². The fourth-order valence-electron chi connectivity index (χ4n) is 2.29. The predicted molar refractivity (Wildman–Crippen MR) is 92.7 cm³/mol. The van der Waals surface area contributed by atoms with E-state index >= 15 is 0 Å². The lowest BCUT2D eigenvalue weighted by Crippen LogP contribution is -2.19. The van der Waals surface area contributed by atoms with E-state index in [1.165, 1.54) is 16.8 Å². The summed E-state index contributed by atoms with van der Waals surface area (Å²) in [6, 6.07) is 14.6. The molecule has 0 heterocycles. The summed E-state index contributed by atoms with van der Waals surface area (Å²) >= 11 is 12.0. The smallest absolute Gasteiger partial charge is 0.0595 e. The highest BCUT2D eigenvalue weighted by Crippen LogP contribution is 2.26. The molecule has 0 saturated carbocycles. The quantitative estimate of drug-likeness (QED) is 0.867. The van der Waals surface area contributed by atoms with Crippen LogP contribution < -0.4 is 10.2 Å². The number of anilines is 1. The predicted octanol–water partition coefficient (Wildman–Crippen LogP) is 4.56. The summed E-state index contributed by atoms with van der Waals surface area (Å²) in [6.45, 7) is 0. The van der Waals surface area contributed by atoms with Gasteiger partial charge in [0.1, 0.15) is 0 Å². The van der Waals surface area contributed by atoms with Gasteiger partial charge in [-0.3, -0.25) is 0 Å². The molecule has 0 saturated heterocycles. The Morgan fingerprint density at radius 2 is 1.67 bits per heavy atom. The molecular formula is C17H20Cl2N2. The van der Waals surface area contributed by atoms with Crippen LogP contribution in [-0.4, -0.2) is 21.1 Å². The van der Waals surface area contributed by atoms with E-state index < -0.39 is 0 Å². The Balaban J connectivity index is 2.17. The van der Waals surface area contributed by atoms with Crippen molar-refractivity contribution in [3.8, 4) is 0 Å². The second-order valence-corrected chi connectivity index (χ2v) is 6.09. The average Bonchev–Trinajstić information content (AvgIpc) is 2.48. The molecule has 0 radical (unpaired) electrons. The summed E-state index contributed by atoms with van der Waals surface area (Å²) in [7, 11) is 6.06. The van der Waals surface area contributed by atoms with Gasteiger partial charge in [-0.25, -0.2) is 0 Å². The maximum absolute atomic E-state index is 6.08. The van der Waals surface area contributed by atoms with Crippen LogP contribution in [0.1, 0.15) is 17.2 Å². The zero-order valence-corrected chi connectivity index (χ0v) is 14.0. The van der Waals surface area contributed by atoms with E-state index in [-0.39, 0.29) is 6.04 Å². The minimum absolute atomic E-state index is 0.249. The van der Waals surface area contributed by atoms with Gasteiger partial charge >= 0.3 is 0 Å². The van der Waals surface area contributed by atoms with Crippen molar-refractivity contribution in [2.75, 3.05) is 26.0 Å². The number of nitrogens with zero attached hydrogens (tertiary/aromatic N) is 1. The first-order chi connectivity index (χ1) is 10.0. The van der Waals surface area contributed by atoms with Crippen LogP contribution in [0.3, 0.4) is 0 Å². The van der Waals surface area contributed by atoms with Gasteiger partial charge in [-0.1, -0.05) is 41.4 Å². The van der Waals surface area contributed by atoms with Gasteiger partial charge in [0.25, 0.3) is 0 Å². The topological polar surface area (TPSA) is 15.3 Å². The molecule has 4 heteroatoms. The summed E-state index contributed by atoms with van der Waals surface area (Å²) in [5.41, 5.74) is 3.62. The van der Waals surface area contributed by atoms with Crippen molar-refractivity contribution in [3.05, 3.63) is 63.6 Å². The summed E-state index contributed by atoms with van der Waals surface area (Å²) in [5.74, 6) is 0. The van der Waals surface area contributed by atoms with Crippen molar-refractivity contribution < 1.29 is 0 Å². The fraction of sp³-hybridized carbons (Fsp3) is 0.294. The van der Waals surface area contributed by atoms with Gasteiger partial charge in [0.15, 0.2) is 0 Å². The Kier molecular flexibility index (Phi) is 5.51. The molecule has 0 spiro atoms. The molecule has 1 unspecified atom stereocenters. The molecule has 0 amide bonds. The van der Waals surface area contributed by atoms with Gasteiger partial charge in [0.2, 0.25) is 0 Å². The number of hydrogen-bond acceptors (Lipinski definition) is 2. The van der Waals surface area contributed by atoms with Gasteiger partial charge in [0.05, 0.1) is 10.0 Å². The van der Waals surface area contributed by atoms with Gasteiger partial charge in [0, 0.05) is 25.8 Å². The van der Waals surface area contributed by atoms with Crippen LogP contribution in [0.2, 0.25) is 10.0 Å². The number of nitrogens with one attached hydrogen (secondary N) is 1. The van der Waals surface area contributed by atoms with Gasteiger partial charge in [-0.15, -0.1) is 0 Å². The van der Waals surface area contributed by atoms with Gasteiger partial charge in [-0.2, -0.15) is 0 Å². The fourth-order valence-corrected chi connectivity index (χ4v) is 2.61. The normalized spacial score (nSPS) is 12.2. The van der Waals surface area contributed by atoms with Crippen molar-refractivity contribution in [2.45, 2.75) is 12.5 Å². The highest BCUT2D eigenvalue weighted by atomic mass is 35.5. The summed E-state index contributed by atoms with van der Waals surface area (Å²) in [5, 5.41) is 4.56. The first-order valence-corrected chi connectivity index (χ1v) is 7.65. The highest BCUT2D eigenvalue weighted by Gasteiger charge is 2.11. The lowest BCUT2D eigenvalue weighted by Gasteiger charge is -2.19. The van der Waals surface area contributed by atoms with Crippen LogP contribution in [0, 0.1) is 0 Å². The van der Waals surface area contributed by atoms with Crippen LogP contribution in [0.5, 0.6) is 0 Å². The Bertz CT molecular complexity index is 594. The van der Waals surface area contributed by atoms with Crippen molar-refractivity contribution in [1.29, 1.82) is 0 Å². The molecule has 2 aromatic carbocycles. The second kappa shape index (κ2) is 7.17. The summed E-state index contributed by atoms with van der Waals surface area (Å²) in [6.07, 6.45) is 0.870. The third-order valence-corrected chi connectivity index (χ3v) is 4.32. The molecule has 0 aliphatic carbocycles. The lowest BCUT2D eigenvalue weighted by molar-refractivity contribution is 0.592. The van der Waals surface area contributed by atoms with Crippen LogP contribution in [-0.2, 0) is 6.42 Å². The van der Waals surface area contributed by atoms with E-state index in [2.05, 4.69) is 34.5 Å². The number of likely N-dealkylation sites (N-methyl/N-ethyl adjacent to an activating group) is 1. The van der Waals surface area contributed by atoms with E-state index in [0.717, 1.165) is 6.42 Å². The van der Waals surface area contributed by atoms with Crippen LogP contribution >= 0.6 is 23.2 Å². The Hall–Kier alpha value is -1.22. The molecule has 2 nitrogen and oxygen atoms in total. The van der Waals surface area contributed by atoms with Gasteiger partial charge in [-0.05, 0) is 48.9 Å². The zero-order valence-electron chi connectivity index (χ0n) is 12.5. The standard InChI is InChI=1S/C17H20Cl2N2/c1-20-17(11-12-4-9-15(18)16(19)10-12)13-5-7-14(8-6-13)21(2)3/h4-10,17,20H,11H2,1-3H3. The van der Waals surface area contributed by atoms with E-state index in [0.29, 0.717) is 10.0 Å². The SMILES string of the molecule is CNC(Cc1ccc(Cl)c(Cl)c1)c1ccc(N(C)C)cc1. The summed E-state index contributed by atoms with van der Waals surface area (Å²) < 4.78 is 0. The van der Waals surface area contributed by atoms with E-state index in [1.807, 2.05) is 39.3 Å². The first kappa shape index (κ1) is 16.2. The largest absolute Gasteiger partial charge is 0.378 e. The van der Waals surface area contributed by atoms with E-state index in [4.69, 9.17) is 23.2 Å². The van der Waals surface area contributed by atoms with Crippen molar-refractivity contribution >= 4 is 28.9 Å².